The number of carbonyl (C=O) groups excluding carboxylic acids is 1. The Morgan fingerprint density at radius 2 is 1.83 bits per heavy atom. The van der Waals surface area contributed by atoms with Gasteiger partial charge in [-0.3, -0.25) is 4.79 Å². The molecule has 0 fully saturated rings. The van der Waals surface area contributed by atoms with Crippen molar-refractivity contribution in [3.05, 3.63) is 29.8 Å². The van der Waals surface area contributed by atoms with Crippen LogP contribution in [0.2, 0.25) is 0 Å². The van der Waals surface area contributed by atoms with Crippen molar-refractivity contribution >= 4 is 5.91 Å². The number of ether oxygens (including phenoxy) is 2. The van der Waals surface area contributed by atoms with Crippen molar-refractivity contribution in [1.82, 2.24) is 5.32 Å². The second-order valence-electron chi connectivity index (χ2n) is 4.09. The van der Waals surface area contributed by atoms with Crippen LogP contribution in [-0.2, 0) is 9.53 Å². The van der Waals surface area contributed by atoms with Crippen molar-refractivity contribution in [2.24, 2.45) is 0 Å². The van der Waals surface area contributed by atoms with Crippen LogP contribution in [0.25, 0.3) is 0 Å². The Morgan fingerprint density at radius 1 is 1.17 bits per heavy atom. The number of amides is 1. The summed E-state index contributed by atoms with van der Waals surface area (Å²) in [6.07, 6.45) is 1.81. The van der Waals surface area contributed by atoms with Gasteiger partial charge in [-0.25, -0.2) is 0 Å². The molecule has 0 heterocycles. The summed E-state index contributed by atoms with van der Waals surface area (Å²) in [5.74, 6) is 0.804. The van der Waals surface area contributed by atoms with Gasteiger partial charge in [-0.1, -0.05) is 17.7 Å². The number of hydrogen-bond acceptors (Lipinski definition) is 3. The highest BCUT2D eigenvalue weighted by atomic mass is 16.5. The van der Waals surface area contributed by atoms with Crippen LogP contribution in [0.3, 0.4) is 0 Å². The minimum atomic E-state index is -0.0918. The predicted molar refractivity (Wildman–Crippen MR) is 70.8 cm³/mol. The summed E-state index contributed by atoms with van der Waals surface area (Å²) >= 11 is 0. The number of aryl methyl sites for hydroxylation is 1. The second kappa shape index (κ2) is 8.53. The highest BCUT2D eigenvalue weighted by Gasteiger charge is 1.97. The molecule has 0 unspecified atom stereocenters. The third-order valence-electron chi connectivity index (χ3n) is 2.48. The Hall–Kier alpha value is -1.55. The van der Waals surface area contributed by atoms with Crippen LogP contribution in [0.1, 0.15) is 18.4 Å². The number of nitrogens with one attached hydrogen (secondary N) is 1. The number of hydrogen-bond donors (Lipinski definition) is 1. The molecule has 0 aliphatic carbocycles. The van der Waals surface area contributed by atoms with Crippen LogP contribution in [-0.4, -0.2) is 32.8 Å². The quantitative estimate of drug-likeness (QED) is 0.718. The molecule has 0 saturated carbocycles. The Labute approximate surface area is 108 Å². The molecule has 1 amide bonds. The van der Waals surface area contributed by atoms with Crippen LogP contribution in [0, 0.1) is 6.92 Å². The molecule has 0 aliphatic rings. The zero-order valence-corrected chi connectivity index (χ0v) is 11.1. The van der Waals surface area contributed by atoms with Crippen molar-refractivity contribution in [3.63, 3.8) is 0 Å². The molecule has 18 heavy (non-hydrogen) atoms. The minimum Gasteiger partial charge on any atom is -0.494 e. The lowest BCUT2D eigenvalue weighted by Gasteiger charge is -2.06. The van der Waals surface area contributed by atoms with Crippen LogP contribution in [0.15, 0.2) is 24.3 Å². The predicted octanol–water partition coefficient (Wildman–Crippen LogP) is 1.92. The number of benzene rings is 1. The molecule has 1 aromatic carbocycles. The van der Waals surface area contributed by atoms with Crippen molar-refractivity contribution in [1.29, 1.82) is 0 Å². The smallest absolute Gasteiger partial charge is 0.245 e. The molecule has 0 aromatic heterocycles. The lowest BCUT2D eigenvalue weighted by atomic mass is 10.2. The third kappa shape index (κ3) is 6.25. The standard InChI is InChI=1S/C14H21NO3/c1-12-5-7-13(8-6-12)18-10-4-3-9-17-11-14(16)15-2/h5-8H,3-4,9-11H2,1-2H3,(H,15,16). The normalized spacial score (nSPS) is 10.1. The van der Waals surface area contributed by atoms with Gasteiger partial charge in [0.2, 0.25) is 5.91 Å². The average molecular weight is 251 g/mol. The van der Waals surface area contributed by atoms with Gasteiger partial charge in [0, 0.05) is 13.7 Å². The fourth-order valence-corrected chi connectivity index (χ4v) is 1.37. The van der Waals surface area contributed by atoms with Crippen LogP contribution >= 0.6 is 0 Å². The molecule has 0 radical (unpaired) electrons. The lowest BCUT2D eigenvalue weighted by Crippen LogP contribution is -2.23. The molecule has 1 rings (SSSR count). The largest absolute Gasteiger partial charge is 0.494 e. The van der Waals surface area contributed by atoms with E-state index in [4.69, 9.17) is 9.47 Å². The van der Waals surface area contributed by atoms with Crippen molar-refractivity contribution in [2.45, 2.75) is 19.8 Å². The van der Waals surface area contributed by atoms with E-state index >= 15 is 0 Å². The van der Waals surface area contributed by atoms with E-state index in [-0.39, 0.29) is 12.5 Å². The lowest BCUT2D eigenvalue weighted by molar-refractivity contribution is -0.125. The number of rotatable bonds is 8. The highest BCUT2D eigenvalue weighted by molar-refractivity contribution is 5.76. The number of likely N-dealkylation sites (N-methyl/N-ethyl adjacent to an activating group) is 1. The van der Waals surface area contributed by atoms with Gasteiger partial charge in [-0.05, 0) is 31.9 Å². The fraction of sp³-hybridized carbons (Fsp3) is 0.500. The van der Waals surface area contributed by atoms with Gasteiger partial charge in [0.15, 0.2) is 0 Å². The van der Waals surface area contributed by atoms with Gasteiger partial charge in [-0.2, -0.15) is 0 Å². The van der Waals surface area contributed by atoms with E-state index in [0.29, 0.717) is 13.2 Å². The first kappa shape index (κ1) is 14.5. The summed E-state index contributed by atoms with van der Waals surface area (Å²) in [6.45, 7) is 3.44. The van der Waals surface area contributed by atoms with Crippen molar-refractivity contribution in [3.8, 4) is 5.75 Å². The average Bonchev–Trinajstić information content (AvgIpc) is 2.39. The minimum absolute atomic E-state index is 0.0918. The van der Waals surface area contributed by atoms with E-state index in [2.05, 4.69) is 5.32 Å². The number of unbranched alkanes of at least 4 members (excludes halogenated alkanes) is 1. The number of carbonyl (C=O) groups is 1. The second-order valence-corrected chi connectivity index (χ2v) is 4.09. The maximum absolute atomic E-state index is 10.9. The Bertz CT molecular complexity index is 349. The molecule has 0 spiro atoms. The molecule has 1 aromatic rings. The third-order valence-corrected chi connectivity index (χ3v) is 2.48. The Morgan fingerprint density at radius 3 is 2.50 bits per heavy atom. The van der Waals surface area contributed by atoms with Gasteiger partial charge in [0.1, 0.15) is 12.4 Å². The summed E-state index contributed by atoms with van der Waals surface area (Å²) in [4.78, 5) is 10.9. The molecule has 0 bridgehead atoms. The van der Waals surface area contributed by atoms with Gasteiger partial charge < -0.3 is 14.8 Å². The van der Waals surface area contributed by atoms with Crippen LogP contribution in [0.5, 0.6) is 5.75 Å². The first-order chi connectivity index (χ1) is 8.72. The molecule has 0 aliphatic heterocycles. The Kier molecular flexibility index (Phi) is 6.87. The topological polar surface area (TPSA) is 47.6 Å². The van der Waals surface area contributed by atoms with E-state index in [1.165, 1.54) is 5.56 Å². The van der Waals surface area contributed by atoms with Gasteiger partial charge >= 0.3 is 0 Å². The zero-order valence-electron chi connectivity index (χ0n) is 11.1. The first-order valence-electron chi connectivity index (χ1n) is 6.20. The molecular formula is C14H21NO3. The summed E-state index contributed by atoms with van der Waals surface area (Å²) < 4.78 is 10.8. The van der Waals surface area contributed by atoms with E-state index in [0.717, 1.165) is 18.6 Å². The molecule has 0 atom stereocenters. The van der Waals surface area contributed by atoms with E-state index in [1.54, 1.807) is 7.05 Å². The summed E-state index contributed by atoms with van der Waals surface area (Å²) in [7, 11) is 1.60. The highest BCUT2D eigenvalue weighted by Crippen LogP contribution is 2.11. The molecule has 4 heteroatoms. The molecular weight excluding hydrogens is 230 g/mol. The fourth-order valence-electron chi connectivity index (χ4n) is 1.37. The van der Waals surface area contributed by atoms with Gasteiger partial charge in [-0.15, -0.1) is 0 Å². The van der Waals surface area contributed by atoms with E-state index in [9.17, 15) is 4.79 Å². The van der Waals surface area contributed by atoms with Crippen molar-refractivity contribution in [2.75, 3.05) is 26.9 Å². The maximum Gasteiger partial charge on any atom is 0.245 e. The Balaban J connectivity index is 1.99. The van der Waals surface area contributed by atoms with Gasteiger partial charge in [0.25, 0.3) is 0 Å². The van der Waals surface area contributed by atoms with Crippen LogP contribution < -0.4 is 10.1 Å². The molecule has 100 valence electrons. The molecule has 4 nitrogen and oxygen atoms in total. The van der Waals surface area contributed by atoms with Gasteiger partial charge in [0.05, 0.1) is 6.61 Å². The summed E-state index contributed by atoms with van der Waals surface area (Å²) in [6, 6.07) is 8.00. The monoisotopic (exact) mass is 251 g/mol. The first-order valence-corrected chi connectivity index (χ1v) is 6.20. The van der Waals surface area contributed by atoms with Crippen LogP contribution in [0.4, 0.5) is 0 Å². The molecule has 1 N–H and O–H groups in total. The maximum atomic E-state index is 10.9. The summed E-state index contributed by atoms with van der Waals surface area (Å²) in [5.41, 5.74) is 1.23. The SMILES string of the molecule is CNC(=O)COCCCCOc1ccc(C)cc1. The van der Waals surface area contributed by atoms with E-state index in [1.807, 2.05) is 31.2 Å². The molecule has 0 saturated heterocycles. The summed E-state index contributed by atoms with van der Waals surface area (Å²) in [5, 5.41) is 2.50. The van der Waals surface area contributed by atoms with Crippen molar-refractivity contribution < 1.29 is 14.3 Å². The zero-order chi connectivity index (χ0) is 13.2. The van der Waals surface area contributed by atoms with E-state index < -0.39 is 0 Å².